The Morgan fingerprint density at radius 3 is 2.41 bits per heavy atom. The predicted octanol–water partition coefficient (Wildman–Crippen LogP) is 2.83. The number of carbonyl (C=O) groups excluding carboxylic acids is 3. The summed E-state index contributed by atoms with van der Waals surface area (Å²) < 4.78 is 10.6. The first kappa shape index (κ1) is 20.7. The van der Waals surface area contributed by atoms with Crippen molar-refractivity contribution in [3.8, 4) is 5.75 Å². The summed E-state index contributed by atoms with van der Waals surface area (Å²) in [6.07, 6.45) is 1.47. The highest BCUT2D eigenvalue weighted by Crippen LogP contribution is 2.24. The summed E-state index contributed by atoms with van der Waals surface area (Å²) in [5.74, 6) is -1.13. The second kappa shape index (κ2) is 8.97. The lowest BCUT2D eigenvalue weighted by Crippen LogP contribution is -2.54. The van der Waals surface area contributed by atoms with Gasteiger partial charge in [-0.25, -0.2) is 4.79 Å². The third-order valence-corrected chi connectivity index (χ3v) is 4.78. The first-order valence-electron chi connectivity index (χ1n) is 8.36. The Labute approximate surface area is 180 Å². The molecule has 2 amide bonds. The number of hydrogen-bond donors (Lipinski definition) is 1. The Kier molecular flexibility index (Phi) is 6.40. The van der Waals surface area contributed by atoms with Gasteiger partial charge in [-0.3, -0.25) is 19.8 Å². The van der Waals surface area contributed by atoms with Crippen LogP contribution < -0.4 is 15.0 Å². The van der Waals surface area contributed by atoms with E-state index in [1.54, 1.807) is 48.5 Å². The zero-order chi connectivity index (χ0) is 21.0. The lowest BCUT2D eigenvalue weighted by atomic mass is 10.1. The van der Waals surface area contributed by atoms with Crippen LogP contribution in [0.1, 0.15) is 5.56 Å². The molecule has 0 unspecified atom stereocenters. The van der Waals surface area contributed by atoms with E-state index in [0.717, 1.165) is 4.47 Å². The largest absolute Gasteiger partial charge is 0.482 e. The maximum absolute atomic E-state index is 12.9. The van der Waals surface area contributed by atoms with Gasteiger partial charge in [-0.05, 0) is 60.3 Å². The minimum atomic E-state index is -0.570. The summed E-state index contributed by atoms with van der Waals surface area (Å²) in [4.78, 5) is 37.7. The number of methoxy groups -OCH3 is 1. The number of ether oxygens (including phenoxy) is 2. The number of benzene rings is 2. The Morgan fingerprint density at radius 1 is 1.14 bits per heavy atom. The number of halogens is 1. The molecule has 0 radical (unpaired) electrons. The number of nitrogens with zero attached hydrogens (tertiary/aromatic N) is 1. The first-order valence-corrected chi connectivity index (χ1v) is 9.56. The fourth-order valence-electron chi connectivity index (χ4n) is 2.51. The summed E-state index contributed by atoms with van der Waals surface area (Å²) in [6.45, 7) is -0.211. The van der Waals surface area contributed by atoms with Crippen LogP contribution in [0.4, 0.5) is 5.69 Å². The van der Waals surface area contributed by atoms with Crippen LogP contribution in [0.2, 0.25) is 0 Å². The minimum absolute atomic E-state index is 0.0195. The van der Waals surface area contributed by atoms with Crippen molar-refractivity contribution in [2.24, 2.45) is 0 Å². The number of carbonyl (C=O) groups is 3. The molecule has 7 nitrogen and oxygen atoms in total. The van der Waals surface area contributed by atoms with Gasteiger partial charge in [0.1, 0.15) is 11.3 Å². The van der Waals surface area contributed by atoms with Gasteiger partial charge in [-0.15, -0.1) is 0 Å². The highest BCUT2D eigenvalue weighted by Gasteiger charge is 2.34. The third-order valence-electron chi connectivity index (χ3n) is 3.96. The number of esters is 1. The number of thiocarbonyl (C=S) groups is 1. The van der Waals surface area contributed by atoms with Crippen molar-refractivity contribution in [3.05, 3.63) is 64.1 Å². The Morgan fingerprint density at radius 2 is 1.79 bits per heavy atom. The smallest absolute Gasteiger partial charge is 0.343 e. The van der Waals surface area contributed by atoms with E-state index in [1.165, 1.54) is 18.1 Å². The van der Waals surface area contributed by atoms with Crippen molar-refractivity contribution in [2.45, 2.75) is 0 Å². The minimum Gasteiger partial charge on any atom is -0.482 e. The molecule has 9 heteroatoms. The second-order valence-electron chi connectivity index (χ2n) is 5.87. The summed E-state index contributed by atoms with van der Waals surface area (Å²) in [5.41, 5.74) is 1.10. The second-order valence-corrected chi connectivity index (χ2v) is 7.17. The molecule has 1 aliphatic rings. The summed E-state index contributed by atoms with van der Waals surface area (Å²) >= 11 is 8.51. The maximum Gasteiger partial charge on any atom is 0.343 e. The Bertz CT molecular complexity index is 1000. The lowest BCUT2D eigenvalue weighted by Gasteiger charge is -2.29. The van der Waals surface area contributed by atoms with E-state index in [0.29, 0.717) is 17.0 Å². The van der Waals surface area contributed by atoms with Crippen LogP contribution >= 0.6 is 28.1 Å². The summed E-state index contributed by atoms with van der Waals surface area (Å²) in [7, 11) is 1.27. The van der Waals surface area contributed by atoms with Crippen molar-refractivity contribution in [2.75, 3.05) is 18.6 Å². The molecule has 148 valence electrons. The molecule has 0 saturated carbocycles. The topological polar surface area (TPSA) is 84.9 Å². The van der Waals surface area contributed by atoms with Crippen LogP contribution in [0, 0.1) is 0 Å². The summed E-state index contributed by atoms with van der Waals surface area (Å²) in [5, 5.41) is 2.55. The molecule has 1 aliphatic heterocycles. The molecule has 1 heterocycles. The van der Waals surface area contributed by atoms with Crippen LogP contribution in [0.3, 0.4) is 0 Å². The van der Waals surface area contributed by atoms with E-state index in [2.05, 4.69) is 26.0 Å². The molecule has 0 bridgehead atoms. The Balaban J connectivity index is 1.82. The predicted molar refractivity (Wildman–Crippen MR) is 114 cm³/mol. The Hall–Kier alpha value is -3.04. The van der Waals surface area contributed by atoms with Gasteiger partial charge < -0.3 is 9.47 Å². The molecule has 0 atom stereocenters. The van der Waals surface area contributed by atoms with Gasteiger partial charge in [0.15, 0.2) is 11.7 Å². The molecular formula is C20H15BrN2O5S. The number of hydrogen-bond acceptors (Lipinski definition) is 6. The van der Waals surface area contributed by atoms with Gasteiger partial charge >= 0.3 is 5.97 Å². The molecular weight excluding hydrogens is 460 g/mol. The first-order chi connectivity index (χ1) is 13.9. The number of amides is 2. The SMILES string of the molecule is COC(=O)COc1ccc(/C=C2/C(=O)NC(=S)N(c3ccc(Br)cc3)C2=O)cc1. The van der Waals surface area contributed by atoms with Gasteiger partial charge in [0.25, 0.3) is 11.8 Å². The number of anilines is 1. The van der Waals surface area contributed by atoms with Gasteiger partial charge in [0, 0.05) is 4.47 Å². The fourth-order valence-corrected chi connectivity index (χ4v) is 3.06. The molecule has 0 spiro atoms. The molecule has 1 saturated heterocycles. The zero-order valence-electron chi connectivity index (χ0n) is 15.2. The van der Waals surface area contributed by atoms with Crippen LogP contribution in [0.25, 0.3) is 6.08 Å². The molecule has 3 rings (SSSR count). The third kappa shape index (κ3) is 4.87. The molecule has 1 fully saturated rings. The van der Waals surface area contributed by atoms with Gasteiger partial charge in [0.05, 0.1) is 12.8 Å². The highest BCUT2D eigenvalue weighted by molar-refractivity contribution is 9.10. The number of rotatable bonds is 5. The van der Waals surface area contributed by atoms with E-state index in [9.17, 15) is 14.4 Å². The number of nitrogens with one attached hydrogen (secondary N) is 1. The quantitative estimate of drug-likeness (QED) is 0.310. The van der Waals surface area contributed by atoms with E-state index in [1.807, 2.05) is 0 Å². The van der Waals surface area contributed by atoms with Gasteiger partial charge in [0.2, 0.25) is 0 Å². The van der Waals surface area contributed by atoms with Crippen molar-refractivity contribution in [1.29, 1.82) is 0 Å². The van der Waals surface area contributed by atoms with Crippen molar-refractivity contribution >= 4 is 62.8 Å². The highest BCUT2D eigenvalue weighted by atomic mass is 79.9. The van der Waals surface area contributed by atoms with Crippen molar-refractivity contribution in [1.82, 2.24) is 5.32 Å². The fraction of sp³-hybridized carbons (Fsp3) is 0.100. The molecule has 29 heavy (non-hydrogen) atoms. The zero-order valence-corrected chi connectivity index (χ0v) is 17.6. The molecule has 0 aromatic heterocycles. The van der Waals surface area contributed by atoms with Crippen molar-refractivity contribution < 1.29 is 23.9 Å². The average Bonchev–Trinajstić information content (AvgIpc) is 2.71. The molecule has 1 N–H and O–H groups in total. The molecule has 0 aliphatic carbocycles. The molecule has 2 aromatic carbocycles. The van der Waals surface area contributed by atoms with Crippen LogP contribution in [0.5, 0.6) is 5.75 Å². The van der Waals surface area contributed by atoms with Crippen LogP contribution in [0.15, 0.2) is 58.6 Å². The van der Waals surface area contributed by atoms with E-state index in [4.69, 9.17) is 17.0 Å². The maximum atomic E-state index is 12.9. The van der Waals surface area contributed by atoms with E-state index >= 15 is 0 Å². The van der Waals surface area contributed by atoms with Crippen molar-refractivity contribution in [3.63, 3.8) is 0 Å². The van der Waals surface area contributed by atoms with Gasteiger partial charge in [-0.2, -0.15) is 0 Å². The molecule has 2 aromatic rings. The standard InChI is InChI=1S/C20H15BrN2O5S/c1-27-17(24)11-28-15-8-2-12(3-9-15)10-16-18(25)22-20(29)23(19(16)26)14-6-4-13(21)5-7-14/h2-10H,11H2,1H3,(H,22,25,29)/b16-10-. The van der Waals surface area contributed by atoms with E-state index < -0.39 is 17.8 Å². The average molecular weight is 475 g/mol. The van der Waals surface area contributed by atoms with Crippen LogP contribution in [-0.4, -0.2) is 36.6 Å². The monoisotopic (exact) mass is 474 g/mol. The van der Waals surface area contributed by atoms with Crippen LogP contribution in [-0.2, 0) is 19.1 Å². The lowest BCUT2D eigenvalue weighted by molar-refractivity contribution is -0.143. The summed E-state index contributed by atoms with van der Waals surface area (Å²) in [6, 6.07) is 13.6. The normalized spacial score (nSPS) is 15.3. The van der Waals surface area contributed by atoms with Gasteiger partial charge in [-0.1, -0.05) is 28.1 Å². The van der Waals surface area contributed by atoms with E-state index in [-0.39, 0.29) is 17.3 Å².